The molecule has 0 unspecified atom stereocenters. The zero-order valence-electron chi connectivity index (χ0n) is 11.8. The molecule has 0 aliphatic carbocycles. The molecular weight excluding hydrogens is 330 g/mol. The first-order chi connectivity index (χ1) is 11.3. The Labute approximate surface area is 140 Å². The number of hydrogen-bond acceptors (Lipinski definition) is 5. The number of rotatable bonds is 2. The van der Waals surface area contributed by atoms with E-state index in [4.69, 9.17) is 16.0 Å². The summed E-state index contributed by atoms with van der Waals surface area (Å²) in [5.74, 6) is 0.740. The van der Waals surface area contributed by atoms with Crippen LogP contribution < -0.4 is 5.36 Å². The van der Waals surface area contributed by atoms with Gasteiger partial charge in [0, 0.05) is 22.0 Å². The molecule has 0 N–H and O–H groups in total. The predicted molar refractivity (Wildman–Crippen MR) is 91.8 cm³/mol. The van der Waals surface area contributed by atoms with Gasteiger partial charge in [0.05, 0.1) is 5.36 Å². The molecule has 0 fully saturated rings. The molecule has 4 nitrogen and oxygen atoms in total. The van der Waals surface area contributed by atoms with Crippen LogP contribution in [0.15, 0.2) is 69.5 Å². The maximum absolute atomic E-state index is 6.12. The molecule has 112 valence electrons. The van der Waals surface area contributed by atoms with Crippen LogP contribution in [0.3, 0.4) is 0 Å². The minimum Gasteiger partial charge on any atom is -0.456 e. The molecule has 0 aliphatic rings. The van der Waals surface area contributed by atoms with Gasteiger partial charge in [-0.25, -0.2) is 4.99 Å². The van der Waals surface area contributed by atoms with Gasteiger partial charge in [-0.15, -0.1) is 10.2 Å². The van der Waals surface area contributed by atoms with Gasteiger partial charge in [-0.2, -0.15) is 0 Å². The van der Waals surface area contributed by atoms with Crippen LogP contribution in [0.25, 0.3) is 22.3 Å². The lowest BCUT2D eigenvalue weighted by Gasteiger charge is -2.05. The Kier molecular flexibility index (Phi) is 3.65. The number of aromatic nitrogens is 2. The van der Waals surface area contributed by atoms with Crippen LogP contribution in [0.1, 0.15) is 0 Å². The molecule has 23 heavy (non-hydrogen) atoms. The summed E-state index contributed by atoms with van der Waals surface area (Å²) in [6.07, 6.45) is 0. The van der Waals surface area contributed by atoms with E-state index in [-0.39, 0.29) is 0 Å². The van der Waals surface area contributed by atoms with E-state index in [1.54, 1.807) is 11.6 Å². The first kappa shape index (κ1) is 14.1. The highest BCUT2D eigenvalue weighted by Crippen LogP contribution is 2.24. The van der Waals surface area contributed by atoms with E-state index in [1.807, 2.05) is 48.5 Å². The van der Waals surface area contributed by atoms with Gasteiger partial charge in [0.15, 0.2) is 0 Å². The fourth-order valence-electron chi connectivity index (χ4n) is 2.30. The standard InChI is InChI=1S/C17H10ClN3OS/c18-12-6-7-15-13(8-12)14(20-17-21-19-10-23-17)9-16(22-15)11-4-2-1-3-5-11/h1-10H/b20-14-. The van der Waals surface area contributed by atoms with E-state index < -0.39 is 0 Å². The van der Waals surface area contributed by atoms with Gasteiger partial charge in [0.1, 0.15) is 16.9 Å². The Bertz CT molecular complexity index is 1030. The lowest BCUT2D eigenvalue weighted by Crippen LogP contribution is -2.03. The smallest absolute Gasteiger partial charge is 0.231 e. The monoisotopic (exact) mass is 339 g/mol. The second-order valence-electron chi connectivity index (χ2n) is 4.84. The van der Waals surface area contributed by atoms with Crippen LogP contribution in [0, 0.1) is 0 Å². The van der Waals surface area contributed by atoms with Crippen LogP contribution in [0.5, 0.6) is 0 Å². The maximum atomic E-state index is 6.12. The molecule has 2 aromatic carbocycles. The number of benzene rings is 2. The average Bonchev–Trinajstić information content (AvgIpc) is 3.09. The van der Waals surface area contributed by atoms with Crippen molar-refractivity contribution in [2.24, 2.45) is 4.99 Å². The molecule has 0 spiro atoms. The Morgan fingerprint density at radius 3 is 2.70 bits per heavy atom. The van der Waals surface area contributed by atoms with Crippen LogP contribution >= 0.6 is 22.9 Å². The van der Waals surface area contributed by atoms with E-state index in [9.17, 15) is 0 Å². The summed E-state index contributed by atoms with van der Waals surface area (Å²) in [6.45, 7) is 0. The summed E-state index contributed by atoms with van der Waals surface area (Å²) in [5, 5.41) is 10.6. The van der Waals surface area contributed by atoms with Gasteiger partial charge in [-0.3, -0.25) is 0 Å². The number of fused-ring (bicyclic) bond motifs is 1. The molecule has 0 amide bonds. The Balaban J connectivity index is 2.03. The molecule has 2 heterocycles. The quantitative estimate of drug-likeness (QED) is 0.525. The first-order valence-corrected chi connectivity index (χ1v) is 8.15. The Morgan fingerprint density at radius 2 is 1.91 bits per heavy atom. The van der Waals surface area contributed by atoms with Crippen LogP contribution in [-0.2, 0) is 0 Å². The summed E-state index contributed by atoms with van der Waals surface area (Å²) in [4.78, 5) is 4.58. The van der Waals surface area contributed by atoms with Crippen molar-refractivity contribution < 1.29 is 4.42 Å². The third kappa shape index (κ3) is 2.88. The van der Waals surface area contributed by atoms with Crippen molar-refractivity contribution in [2.45, 2.75) is 0 Å². The average molecular weight is 340 g/mol. The molecule has 0 radical (unpaired) electrons. The van der Waals surface area contributed by atoms with Crippen LogP contribution in [0.2, 0.25) is 5.02 Å². The van der Waals surface area contributed by atoms with Crippen LogP contribution in [-0.4, -0.2) is 10.2 Å². The van der Waals surface area contributed by atoms with Crippen molar-refractivity contribution in [3.63, 3.8) is 0 Å². The minimum absolute atomic E-state index is 0.594. The molecule has 0 saturated heterocycles. The summed E-state index contributed by atoms with van der Waals surface area (Å²) in [5.41, 5.74) is 3.36. The lowest BCUT2D eigenvalue weighted by atomic mass is 10.1. The Morgan fingerprint density at radius 1 is 1.04 bits per heavy atom. The van der Waals surface area contributed by atoms with Crippen LogP contribution in [0.4, 0.5) is 5.13 Å². The highest BCUT2D eigenvalue weighted by Gasteiger charge is 2.07. The molecule has 0 aliphatic heterocycles. The Hall–Kier alpha value is -2.50. The lowest BCUT2D eigenvalue weighted by molar-refractivity contribution is 0.618. The highest BCUT2D eigenvalue weighted by molar-refractivity contribution is 7.13. The third-order valence-corrected chi connectivity index (χ3v) is 4.15. The second-order valence-corrected chi connectivity index (χ2v) is 6.08. The van der Waals surface area contributed by atoms with E-state index in [0.717, 1.165) is 27.7 Å². The van der Waals surface area contributed by atoms with Crippen molar-refractivity contribution in [1.82, 2.24) is 10.2 Å². The normalized spacial score (nSPS) is 12.0. The zero-order chi connectivity index (χ0) is 15.6. The molecule has 0 bridgehead atoms. The third-order valence-electron chi connectivity index (χ3n) is 3.33. The molecular formula is C17H10ClN3OS. The topological polar surface area (TPSA) is 51.3 Å². The summed E-state index contributed by atoms with van der Waals surface area (Å²) < 4.78 is 6.01. The maximum Gasteiger partial charge on any atom is 0.231 e. The van der Waals surface area contributed by atoms with Crippen molar-refractivity contribution in [3.8, 4) is 11.3 Å². The molecule has 4 aromatic rings. The molecule has 0 atom stereocenters. The first-order valence-electron chi connectivity index (χ1n) is 6.89. The van der Waals surface area contributed by atoms with Gasteiger partial charge < -0.3 is 4.42 Å². The van der Waals surface area contributed by atoms with Gasteiger partial charge >= 0.3 is 0 Å². The molecule has 2 aromatic heterocycles. The van der Waals surface area contributed by atoms with Gasteiger partial charge in [0.2, 0.25) is 5.13 Å². The molecule has 6 heteroatoms. The van der Waals surface area contributed by atoms with E-state index in [1.165, 1.54) is 11.3 Å². The summed E-state index contributed by atoms with van der Waals surface area (Å²) in [6, 6.07) is 17.3. The molecule has 4 rings (SSSR count). The van der Waals surface area contributed by atoms with Gasteiger partial charge in [-0.1, -0.05) is 53.3 Å². The van der Waals surface area contributed by atoms with E-state index in [2.05, 4.69) is 15.2 Å². The van der Waals surface area contributed by atoms with E-state index in [0.29, 0.717) is 10.2 Å². The van der Waals surface area contributed by atoms with Crippen molar-refractivity contribution in [1.29, 1.82) is 0 Å². The van der Waals surface area contributed by atoms with Crippen molar-refractivity contribution >= 4 is 39.0 Å². The minimum atomic E-state index is 0.594. The number of nitrogens with zero attached hydrogens (tertiary/aromatic N) is 3. The summed E-state index contributed by atoms with van der Waals surface area (Å²) in [7, 11) is 0. The highest BCUT2D eigenvalue weighted by atomic mass is 35.5. The zero-order valence-corrected chi connectivity index (χ0v) is 13.4. The van der Waals surface area contributed by atoms with E-state index >= 15 is 0 Å². The molecule has 0 saturated carbocycles. The predicted octanol–water partition coefficient (Wildman–Crippen LogP) is 4.84. The second kappa shape index (κ2) is 5.95. The summed E-state index contributed by atoms with van der Waals surface area (Å²) >= 11 is 7.50. The SMILES string of the molecule is Clc1ccc2oc(-c3ccccc3)c/c(=N/c3nncs3)c2c1. The number of hydrogen-bond donors (Lipinski definition) is 0. The fourth-order valence-corrected chi connectivity index (χ4v) is 2.90. The van der Waals surface area contributed by atoms with Gasteiger partial charge in [0.25, 0.3) is 0 Å². The number of halogens is 1. The fraction of sp³-hybridized carbons (Fsp3) is 0. The van der Waals surface area contributed by atoms with Gasteiger partial charge in [-0.05, 0) is 18.2 Å². The van der Waals surface area contributed by atoms with Crippen molar-refractivity contribution in [2.75, 3.05) is 0 Å². The van der Waals surface area contributed by atoms with Crippen molar-refractivity contribution in [3.05, 3.63) is 70.5 Å². The largest absolute Gasteiger partial charge is 0.456 e.